The van der Waals surface area contributed by atoms with Crippen molar-refractivity contribution in [3.8, 4) is 11.8 Å². The van der Waals surface area contributed by atoms with Crippen molar-refractivity contribution < 1.29 is 4.74 Å². The highest BCUT2D eigenvalue weighted by Crippen LogP contribution is 2.26. The van der Waals surface area contributed by atoms with Crippen LogP contribution in [0.3, 0.4) is 0 Å². The number of nitriles is 1. The van der Waals surface area contributed by atoms with Crippen LogP contribution in [0, 0.1) is 11.3 Å². The van der Waals surface area contributed by atoms with E-state index >= 15 is 0 Å². The van der Waals surface area contributed by atoms with Gasteiger partial charge >= 0.3 is 0 Å². The lowest BCUT2D eigenvalue weighted by atomic mass is 10.2. The maximum absolute atomic E-state index is 9.34. The number of nitrogens with zero attached hydrogens (tertiary/aromatic N) is 2. The number of aromatic amines is 1. The molecule has 0 bridgehead atoms. The minimum absolute atomic E-state index is 0.462. The summed E-state index contributed by atoms with van der Waals surface area (Å²) in [5, 5.41) is 9.34. The van der Waals surface area contributed by atoms with Crippen molar-refractivity contribution >= 4 is 45.6 Å². The summed E-state index contributed by atoms with van der Waals surface area (Å²) in [7, 11) is 1.61. The summed E-state index contributed by atoms with van der Waals surface area (Å²) in [5.74, 6) is 1.27. The predicted octanol–water partition coefficient (Wildman–Crippen LogP) is 4.35. The molecule has 0 unspecified atom stereocenters. The van der Waals surface area contributed by atoms with E-state index in [1.54, 1.807) is 19.3 Å². The molecule has 0 saturated heterocycles. The van der Waals surface area contributed by atoms with E-state index in [0.717, 1.165) is 21.7 Å². The summed E-state index contributed by atoms with van der Waals surface area (Å²) < 4.78 is 5.86. The first-order chi connectivity index (χ1) is 10.2. The molecular weight excluding hydrogens is 306 g/mol. The minimum atomic E-state index is 0.462. The number of hydrogen-bond donors (Lipinski definition) is 1. The summed E-state index contributed by atoms with van der Waals surface area (Å²) in [4.78, 5) is 8.48. The molecule has 104 valence electrons. The number of ether oxygens (including phenoxy) is 1. The molecule has 2 aromatic heterocycles. The predicted molar refractivity (Wildman–Crippen MR) is 85.5 cm³/mol. The van der Waals surface area contributed by atoms with Gasteiger partial charge in [0.25, 0.3) is 0 Å². The van der Waals surface area contributed by atoms with E-state index in [1.807, 2.05) is 24.3 Å². The lowest BCUT2D eigenvalue weighted by Crippen LogP contribution is -1.83. The lowest BCUT2D eigenvalue weighted by Gasteiger charge is -1.96. The Morgan fingerprint density at radius 1 is 1.43 bits per heavy atom. The standard InChI is InChI=1S/C15H10ClN3OS/c1-20-10-2-4-12-13(7-10)19-15(18-12)9(8-17)6-11-3-5-14(16)21-11/h2-7H,1H3,(H,18,19). The fraction of sp³-hybridized carbons (Fsp3) is 0.0667. The molecule has 3 aromatic rings. The Hall–Kier alpha value is -2.29. The number of fused-ring (bicyclic) bond motifs is 1. The number of aromatic nitrogens is 2. The van der Waals surface area contributed by atoms with Crippen LogP contribution in [0.2, 0.25) is 4.34 Å². The minimum Gasteiger partial charge on any atom is -0.497 e. The molecule has 3 rings (SSSR count). The van der Waals surface area contributed by atoms with E-state index in [4.69, 9.17) is 16.3 Å². The number of nitrogens with one attached hydrogen (secondary N) is 1. The van der Waals surface area contributed by atoms with Crippen molar-refractivity contribution in [3.05, 3.63) is 45.4 Å². The highest BCUT2D eigenvalue weighted by molar-refractivity contribution is 7.17. The maximum atomic E-state index is 9.34. The quantitative estimate of drug-likeness (QED) is 0.731. The Kier molecular flexibility index (Phi) is 3.65. The number of H-pyrrole nitrogens is 1. The monoisotopic (exact) mass is 315 g/mol. The van der Waals surface area contributed by atoms with Gasteiger partial charge in [0, 0.05) is 10.9 Å². The molecule has 2 heterocycles. The van der Waals surface area contributed by atoms with Crippen molar-refractivity contribution in [2.75, 3.05) is 7.11 Å². The van der Waals surface area contributed by atoms with Crippen molar-refractivity contribution in [2.24, 2.45) is 0 Å². The number of halogens is 1. The second-order valence-corrected chi connectivity index (χ2v) is 6.03. The van der Waals surface area contributed by atoms with Crippen LogP contribution in [0.25, 0.3) is 22.7 Å². The molecule has 0 fully saturated rings. The summed E-state index contributed by atoms with van der Waals surface area (Å²) >= 11 is 7.32. The van der Waals surface area contributed by atoms with E-state index in [0.29, 0.717) is 15.7 Å². The van der Waals surface area contributed by atoms with Crippen LogP contribution in [0.4, 0.5) is 0 Å². The van der Waals surface area contributed by atoms with Crippen LogP contribution in [0.1, 0.15) is 10.7 Å². The normalized spacial score (nSPS) is 11.6. The van der Waals surface area contributed by atoms with Gasteiger partial charge in [0.2, 0.25) is 0 Å². The zero-order valence-electron chi connectivity index (χ0n) is 11.1. The molecule has 1 N–H and O–H groups in total. The van der Waals surface area contributed by atoms with Crippen molar-refractivity contribution in [3.63, 3.8) is 0 Å². The van der Waals surface area contributed by atoms with Gasteiger partial charge in [-0.25, -0.2) is 4.98 Å². The number of thiophene rings is 1. The van der Waals surface area contributed by atoms with Crippen LogP contribution in [0.5, 0.6) is 5.75 Å². The zero-order chi connectivity index (χ0) is 14.8. The van der Waals surface area contributed by atoms with Crippen molar-refractivity contribution in [1.82, 2.24) is 9.97 Å². The Morgan fingerprint density at radius 3 is 2.95 bits per heavy atom. The van der Waals surface area contributed by atoms with Crippen LogP contribution >= 0.6 is 22.9 Å². The summed E-state index contributed by atoms with van der Waals surface area (Å²) in [6.45, 7) is 0. The molecule has 0 saturated carbocycles. The number of allylic oxidation sites excluding steroid dienone is 1. The van der Waals surface area contributed by atoms with Gasteiger partial charge in [0.1, 0.15) is 17.6 Å². The van der Waals surface area contributed by atoms with E-state index in [9.17, 15) is 5.26 Å². The fourth-order valence-corrected chi connectivity index (χ4v) is 2.95. The largest absolute Gasteiger partial charge is 0.497 e. The van der Waals surface area contributed by atoms with Gasteiger partial charge < -0.3 is 9.72 Å². The molecular formula is C15H10ClN3OS. The Morgan fingerprint density at radius 2 is 2.29 bits per heavy atom. The molecule has 0 radical (unpaired) electrons. The zero-order valence-corrected chi connectivity index (χ0v) is 12.6. The van der Waals surface area contributed by atoms with Gasteiger partial charge in [-0.15, -0.1) is 11.3 Å². The van der Waals surface area contributed by atoms with Crippen LogP contribution in [0.15, 0.2) is 30.3 Å². The van der Waals surface area contributed by atoms with Crippen molar-refractivity contribution in [1.29, 1.82) is 5.26 Å². The van der Waals surface area contributed by atoms with Gasteiger partial charge in [0.05, 0.1) is 28.1 Å². The molecule has 0 spiro atoms. The van der Waals surface area contributed by atoms with E-state index in [2.05, 4.69) is 16.0 Å². The first kappa shape index (κ1) is 13.7. The van der Waals surface area contributed by atoms with Gasteiger partial charge in [0.15, 0.2) is 0 Å². The number of hydrogen-bond acceptors (Lipinski definition) is 4. The third-order valence-electron chi connectivity index (χ3n) is 2.95. The fourth-order valence-electron chi connectivity index (χ4n) is 1.94. The van der Waals surface area contributed by atoms with Gasteiger partial charge in [-0.3, -0.25) is 0 Å². The average Bonchev–Trinajstić information content (AvgIpc) is 3.09. The molecule has 0 aliphatic heterocycles. The third kappa shape index (κ3) is 2.77. The molecule has 0 aliphatic rings. The molecule has 4 nitrogen and oxygen atoms in total. The topological polar surface area (TPSA) is 61.7 Å². The van der Waals surface area contributed by atoms with Crippen LogP contribution in [-0.2, 0) is 0 Å². The Labute approximate surface area is 130 Å². The summed E-state index contributed by atoms with van der Waals surface area (Å²) in [6, 6.07) is 11.4. The van der Waals surface area contributed by atoms with Crippen LogP contribution < -0.4 is 4.74 Å². The molecule has 0 aliphatic carbocycles. The van der Waals surface area contributed by atoms with E-state index in [-0.39, 0.29) is 0 Å². The molecule has 6 heteroatoms. The highest BCUT2D eigenvalue weighted by Gasteiger charge is 2.09. The first-order valence-corrected chi connectivity index (χ1v) is 7.30. The van der Waals surface area contributed by atoms with Gasteiger partial charge in [-0.2, -0.15) is 5.26 Å². The third-order valence-corrected chi connectivity index (χ3v) is 4.12. The lowest BCUT2D eigenvalue weighted by molar-refractivity contribution is 0.415. The first-order valence-electron chi connectivity index (χ1n) is 6.11. The average molecular weight is 316 g/mol. The van der Waals surface area contributed by atoms with Gasteiger partial charge in [-0.1, -0.05) is 11.6 Å². The van der Waals surface area contributed by atoms with Crippen LogP contribution in [-0.4, -0.2) is 17.1 Å². The second-order valence-electron chi connectivity index (χ2n) is 4.28. The summed E-state index contributed by atoms with van der Waals surface area (Å²) in [6.07, 6.45) is 1.77. The molecule has 0 amide bonds. The number of rotatable bonds is 3. The maximum Gasteiger partial charge on any atom is 0.149 e. The molecule has 0 atom stereocenters. The molecule has 21 heavy (non-hydrogen) atoms. The highest BCUT2D eigenvalue weighted by atomic mass is 35.5. The SMILES string of the molecule is COc1ccc2nc(C(C#N)=Cc3ccc(Cl)s3)[nH]c2c1. The smallest absolute Gasteiger partial charge is 0.149 e. The molecule has 1 aromatic carbocycles. The summed E-state index contributed by atoms with van der Waals surface area (Å²) in [5.41, 5.74) is 2.08. The van der Waals surface area contributed by atoms with E-state index < -0.39 is 0 Å². The Balaban J connectivity index is 2.05. The Bertz CT molecular complexity index is 873. The van der Waals surface area contributed by atoms with E-state index in [1.165, 1.54) is 11.3 Å². The van der Waals surface area contributed by atoms with Gasteiger partial charge in [-0.05, 0) is 30.3 Å². The number of imidazole rings is 1. The van der Waals surface area contributed by atoms with Crippen molar-refractivity contribution in [2.45, 2.75) is 0 Å². The number of benzene rings is 1. The second kappa shape index (κ2) is 5.60. The number of methoxy groups -OCH3 is 1.